The first-order valence-corrected chi connectivity index (χ1v) is 6.74. The van der Waals surface area contributed by atoms with Crippen molar-refractivity contribution in [2.45, 2.75) is 12.8 Å². The number of methoxy groups -OCH3 is 2. The molecule has 0 spiro atoms. The summed E-state index contributed by atoms with van der Waals surface area (Å²) in [7, 11) is 3.04. The van der Waals surface area contributed by atoms with Gasteiger partial charge in [-0.25, -0.2) is 0 Å². The molecular formula is C18H15F3O2. The third kappa shape index (κ3) is 3.85. The van der Waals surface area contributed by atoms with Crippen LogP contribution < -0.4 is 4.74 Å². The highest BCUT2D eigenvalue weighted by Crippen LogP contribution is 2.35. The Labute approximate surface area is 132 Å². The predicted octanol–water partition coefficient (Wildman–Crippen LogP) is 4.51. The van der Waals surface area contributed by atoms with E-state index in [4.69, 9.17) is 15.9 Å². The molecule has 0 radical (unpaired) electrons. The number of hydrogen-bond donors (Lipinski definition) is 0. The highest BCUT2D eigenvalue weighted by molar-refractivity contribution is 5.71. The van der Waals surface area contributed by atoms with E-state index in [1.54, 1.807) is 24.3 Å². The van der Waals surface area contributed by atoms with E-state index in [0.29, 0.717) is 22.4 Å². The smallest absolute Gasteiger partial charge is 0.416 e. The van der Waals surface area contributed by atoms with E-state index in [2.05, 4.69) is 5.92 Å². The topological polar surface area (TPSA) is 18.5 Å². The Morgan fingerprint density at radius 2 is 1.83 bits per heavy atom. The van der Waals surface area contributed by atoms with Gasteiger partial charge in [0.15, 0.2) is 0 Å². The van der Waals surface area contributed by atoms with Crippen molar-refractivity contribution in [2.24, 2.45) is 0 Å². The minimum Gasteiger partial charge on any atom is -0.497 e. The van der Waals surface area contributed by atoms with Gasteiger partial charge in [-0.05, 0) is 47.0 Å². The minimum atomic E-state index is -4.46. The van der Waals surface area contributed by atoms with E-state index in [-0.39, 0.29) is 12.2 Å². The van der Waals surface area contributed by atoms with Gasteiger partial charge in [-0.15, -0.1) is 6.42 Å². The second-order valence-electron chi connectivity index (χ2n) is 4.90. The Bertz CT molecular complexity index is 743. The molecule has 0 amide bonds. The quantitative estimate of drug-likeness (QED) is 0.772. The van der Waals surface area contributed by atoms with E-state index in [0.717, 1.165) is 12.1 Å². The number of hydrogen-bond acceptors (Lipinski definition) is 2. The molecule has 0 aliphatic heterocycles. The third-order valence-electron chi connectivity index (χ3n) is 3.35. The van der Waals surface area contributed by atoms with Gasteiger partial charge in [0.1, 0.15) is 5.75 Å². The second-order valence-corrected chi connectivity index (χ2v) is 4.90. The lowest BCUT2D eigenvalue weighted by Crippen LogP contribution is -2.06. The van der Waals surface area contributed by atoms with E-state index in [9.17, 15) is 13.2 Å². The van der Waals surface area contributed by atoms with Crippen LogP contribution in [0.1, 0.15) is 16.7 Å². The number of ether oxygens (including phenoxy) is 2. The lowest BCUT2D eigenvalue weighted by molar-refractivity contribution is -0.137. The zero-order valence-electron chi connectivity index (χ0n) is 12.7. The maximum absolute atomic E-state index is 13.1. The van der Waals surface area contributed by atoms with E-state index >= 15 is 0 Å². The SMILES string of the molecule is C#Cc1cc(-c2ccc(OC)cc2COC)cc(C(F)(F)F)c1. The van der Waals surface area contributed by atoms with Crippen LogP contribution in [0.25, 0.3) is 11.1 Å². The first kappa shape index (κ1) is 16.9. The molecule has 0 aliphatic rings. The summed E-state index contributed by atoms with van der Waals surface area (Å²) < 4.78 is 49.4. The zero-order chi connectivity index (χ0) is 17.0. The van der Waals surface area contributed by atoms with Crippen LogP contribution in [-0.2, 0) is 17.5 Å². The van der Waals surface area contributed by atoms with Crippen molar-refractivity contribution in [2.75, 3.05) is 14.2 Å². The molecule has 2 aromatic rings. The molecule has 2 nitrogen and oxygen atoms in total. The summed E-state index contributed by atoms with van der Waals surface area (Å²) in [6.07, 6.45) is 0.826. The molecule has 0 aromatic heterocycles. The molecule has 0 saturated heterocycles. The van der Waals surface area contributed by atoms with Gasteiger partial charge in [-0.3, -0.25) is 0 Å². The average Bonchev–Trinajstić information content (AvgIpc) is 2.53. The van der Waals surface area contributed by atoms with Crippen molar-refractivity contribution >= 4 is 0 Å². The van der Waals surface area contributed by atoms with E-state index in [1.165, 1.54) is 14.2 Å². The van der Waals surface area contributed by atoms with Gasteiger partial charge < -0.3 is 9.47 Å². The monoisotopic (exact) mass is 320 g/mol. The molecule has 0 fully saturated rings. The Kier molecular flexibility index (Phi) is 4.97. The van der Waals surface area contributed by atoms with Crippen molar-refractivity contribution in [3.63, 3.8) is 0 Å². The molecule has 120 valence electrons. The van der Waals surface area contributed by atoms with Gasteiger partial charge in [-0.2, -0.15) is 13.2 Å². The molecule has 0 heterocycles. The molecule has 0 unspecified atom stereocenters. The summed E-state index contributed by atoms with van der Waals surface area (Å²) >= 11 is 0. The minimum absolute atomic E-state index is 0.175. The van der Waals surface area contributed by atoms with E-state index < -0.39 is 11.7 Å². The summed E-state index contributed by atoms with van der Waals surface area (Å²) in [5, 5.41) is 0. The van der Waals surface area contributed by atoms with Crippen LogP contribution in [0.3, 0.4) is 0 Å². The first-order valence-electron chi connectivity index (χ1n) is 6.74. The van der Waals surface area contributed by atoms with Gasteiger partial charge in [0.05, 0.1) is 19.3 Å². The van der Waals surface area contributed by atoms with Gasteiger partial charge >= 0.3 is 6.18 Å². The highest BCUT2D eigenvalue weighted by atomic mass is 19.4. The summed E-state index contributed by atoms with van der Waals surface area (Å²) in [4.78, 5) is 0. The summed E-state index contributed by atoms with van der Waals surface area (Å²) in [5.41, 5.74) is 1.13. The first-order chi connectivity index (χ1) is 10.9. The van der Waals surface area contributed by atoms with Gasteiger partial charge in [0.2, 0.25) is 0 Å². The Balaban J connectivity index is 2.64. The molecule has 2 aromatic carbocycles. The molecule has 23 heavy (non-hydrogen) atoms. The van der Waals surface area contributed by atoms with Crippen LogP contribution in [0.15, 0.2) is 36.4 Å². The highest BCUT2D eigenvalue weighted by Gasteiger charge is 2.31. The number of halogens is 3. The van der Waals surface area contributed by atoms with Crippen molar-refractivity contribution < 1.29 is 22.6 Å². The lowest BCUT2D eigenvalue weighted by Gasteiger charge is -2.14. The lowest BCUT2D eigenvalue weighted by atomic mass is 9.96. The Morgan fingerprint density at radius 1 is 1.09 bits per heavy atom. The molecule has 0 atom stereocenters. The van der Waals surface area contributed by atoms with Crippen molar-refractivity contribution in [3.05, 3.63) is 53.1 Å². The fourth-order valence-electron chi connectivity index (χ4n) is 2.28. The average molecular weight is 320 g/mol. The summed E-state index contributed by atoms with van der Waals surface area (Å²) in [6, 6.07) is 8.71. The summed E-state index contributed by atoms with van der Waals surface area (Å²) in [5.74, 6) is 2.87. The standard InChI is InChI=1S/C18H15F3O2/c1-4-12-7-13(9-15(8-12)18(19,20)21)17-6-5-16(23-3)10-14(17)11-22-2/h1,5-10H,11H2,2-3H3. The van der Waals surface area contributed by atoms with Gasteiger partial charge in [-0.1, -0.05) is 12.0 Å². The van der Waals surface area contributed by atoms with Gasteiger partial charge in [0.25, 0.3) is 0 Å². The van der Waals surface area contributed by atoms with E-state index in [1.807, 2.05) is 0 Å². The molecule has 2 rings (SSSR count). The largest absolute Gasteiger partial charge is 0.497 e. The Hall–Kier alpha value is -2.45. The fourth-order valence-corrected chi connectivity index (χ4v) is 2.28. The van der Waals surface area contributed by atoms with Crippen LogP contribution in [0.5, 0.6) is 5.75 Å². The van der Waals surface area contributed by atoms with Crippen LogP contribution >= 0.6 is 0 Å². The van der Waals surface area contributed by atoms with Crippen LogP contribution in [0.4, 0.5) is 13.2 Å². The molecule has 0 saturated carbocycles. The summed E-state index contributed by atoms with van der Waals surface area (Å²) in [6.45, 7) is 0.244. The predicted molar refractivity (Wildman–Crippen MR) is 82.1 cm³/mol. The maximum atomic E-state index is 13.1. The van der Waals surface area contributed by atoms with Crippen LogP contribution in [0, 0.1) is 12.3 Å². The van der Waals surface area contributed by atoms with Crippen LogP contribution in [0.2, 0.25) is 0 Å². The normalized spacial score (nSPS) is 11.1. The maximum Gasteiger partial charge on any atom is 0.416 e. The fraction of sp³-hybridized carbons (Fsp3) is 0.222. The molecule has 0 N–H and O–H groups in total. The number of alkyl halides is 3. The Morgan fingerprint density at radius 3 is 2.39 bits per heavy atom. The zero-order valence-corrected chi connectivity index (χ0v) is 12.7. The van der Waals surface area contributed by atoms with Crippen LogP contribution in [-0.4, -0.2) is 14.2 Å². The van der Waals surface area contributed by atoms with Crippen molar-refractivity contribution in [3.8, 4) is 29.2 Å². The molecule has 5 heteroatoms. The molecule has 0 bridgehead atoms. The number of terminal acetylenes is 1. The van der Waals surface area contributed by atoms with Gasteiger partial charge in [0, 0.05) is 12.7 Å². The third-order valence-corrected chi connectivity index (χ3v) is 3.35. The van der Waals surface area contributed by atoms with Crippen molar-refractivity contribution in [1.82, 2.24) is 0 Å². The second kappa shape index (κ2) is 6.76. The molecule has 0 aliphatic carbocycles. The van der Waals surface area contributed by atoms with Crippen molar-refractivity contribution in [1.29, 1.82) is 0 Å². The number of benzene rings is 2. The number of rotatable bonds is 4. The molecular weight excluding hydrogens is 305 g/mol.